The molecule has 0 radical (unpaired) electrons. The van der Waals surface area contributed by atoms with Gasteiger partial charge in [0.1, 0.15) is 0 Å². The zero-order valence-electron chi connectivity index (χ0n) is 13.4. The van der Waals surface area contributed by atoms with Gasteiger partial charge < -0.3 is 15.4 Å². The summed E-state index contributed by atoms with van der Waals surface area (Å²) >= 11 is 3.49. The van der Waals surface area contributed by atoms with Crippen LogP contribution < -0.4 is 10.6 Å². The van der Waals surface area contributed by atoms with Gasteiger partial charge in [0, 0.05) is 31.7 Å². The standard InChI is InChI=1S/C16H26BrN3O/c1-16(2,21-4)12-20-15(18-3)19-10-6-8-13-7-5-9-14(17)11-13/h5,7,9,11H,6,8,10,12H2,1-4H3,(H2,18,19,20). The molecule has 1 rings (SSSR count). The topological polar surface area (TPSA) is 45.7 Å². The molecule has 0 heterocycles. The van der Waals surface area contributed by atoms with Crippen LogP contribution in [0.4, 0.5) is 0 Å². The van der Waals surface area contributed by atoms with Crippen molar-refractivity contribution in [3.05, 3.63) is 34.3 Å². The molecule has 0 saturated carbocycles. The van der Waals surface area contributed by atoms with Crippen LogP contribution >= 0.6 is 15.9 Å². The van der Waals surface area contributed by atoms with Gasteiger partial charge in [0.25, 0.3) is 0 Å². The maximum Gasteiger partial charge on any atom is 0.191 e. The number of hydrogen-bond donors (Lipinski definition) is 2. The Labute approximate surface area is 136 Å². The van der Waals surface area contributed by atoms with E-state index in [-0.39, 0.29) is 5.60 Å². The first-order valence-corrected chi connectivity index (χ1v) is 8.00. The molecule has 5 heteroatoms. The molecule has 118 valence electrons. The predicted octanol–water partition coefficient (Wildman–Crippen LogP) is 2.97. The number of guanidine groups is 1. The zero-order chi connectivity index (χ0) is 15.7. The second kappa shape index (κ2) is 9.05. The van der Waals surface area contributed by atoms with Gasteiger partial charge in [-0.25, -0.2) is 0 Å². The summed E-state index contributed by atoms with van der Waals surface area (Å²) in [4.78, 5) is 4.22. The Hall–Kier alpha value is -1.07. The molecule has 0 bridgehead atoms. The molecule has 0 amide bonds. The number of benzene rings is 1. The minimum Gasteiger partial charge on any atom is -0.377 e. The maximum absolute atomic E-state index is 5.38. The molecule has 0 aliphatic heterocycles. The quantitative estimate of drug-likeness (QED) is 0.449. The van der Waals surface area contributed by atoms with Crippen molar-refractivity contribution in [2.45, 2.75) is 32.3 Å². The van der Waals surface area contributed by atoms with E-state index in [0.717, 1.165) is 36.4 Å². The van der Waals surface area contributed by atoms with Crippen molar-refractivity contribution in [3.63, 3.8) is 0 Å². The second-order valence-corrected chi connectivity index (χ2v) is 6.47. The fourth-order valence-electron chi connectivity index (χ4n) is 1.78. The normalized spacial score (nSPS) is 12.3. The number of rotatable bonds is 7. The van der Waals surface area contributed by atoms with E-state index >= 15 is 0 Å². The van der Waals surface area contributed by atoms with Crippen molar-refractivity contribution >= 4 is 21.9 Å². The number of nitrogens with zero attached hydrogens (tertiary/aromatic N) is 1. The fourth-order valence-corrected chi connectivity index (χ4v) is 2.23. The van der Waals surface area contributed by atoms with Gasteiger partial charge >= 0.3 is 0 Å². The first kappa shape index (κ1) is 18.0. The molecule has 0 saturated heterocycles. The van der Waals surface area contributed by atoms with Crippen LogP contribution in [0.1, 0.15) is 25.8 Å². The van der Waals surface area contributed by atoms with E-state index in [0.29, 0.717) is 0 Å². The second-order valence-electron chi connectivity index (χ2n) is 5.55. The van der Waals surface area contributed by atoms with Gasteiger partial charge in [-0.1, -0.05) is 28.1 Å². The molecule has 21 heavy (non-hydrogen) atoms. The van der Waals surface area contributed by atoms with Crippen LogP contribution in [-0.4, -0.2) is 38.8 Å². The molecule has 0 atom stereocenters. The highest BCUT2D eigenvalue weighted by atomic mass is 79.9. The Morgan fingerprint density at radius 1 is 1.33 bits per heavy atom. The third-order valence-corrected chi connectivity index (χ3v) is 3.77. The van der Waals surface area contributed by atoms with Gasteiger partial charge in [-0.05, 0) is 44.4 Å². The molecule has 0 aliphatic carbocycles. The van der Waals surface area contributed by atoms with Crippen LogP contribution in [0.2, 0.25) is 0 Å². The summed E-state index contributed by atoms with van der Waals surface area (Å²) in [6.07, 6.45) is 2.11. The molecule has 4 nitrogen and oxygen atoms in total. The van der Waals surface area contributed by atoms with Gasteiger partial charge in [0.2, 0.25) is 0 Å². The van der Waals surface area contributed by atoms with Gasteiger partial charge in [0.15, 0.2) is 5.96 Å². The third kappa shape index (κ3) is 7.48. The Balaban J connectivity index is 2.27. The molecule has 1 aromatic rings. The highest BCUT2D eigenvalue weighted by Gasteiger charge is 2.16. The van der Waals surface area contributed by atoms with Crippen LogP contribution in [0.5, 0.6) is 0 Å². The van der Waals surface area contributed by atoms with Crippen molar-refractivity contribution in [1.82, 2.24) is 10.6 Å². The largest absolute Gasteiger partial charge is 0.377 e. The summed E-state index contributed by atoms with van der Waals surface area (Å²) in [6.45, 7) is 5.69. The summed E-state index contributed by atoms with van der Waals surface area (Å²) in [5, 5.41) is 6.60. The van der Waals surface area contributed by atoms with Crippen LogP contribution in [0.25, 0.3) is 0 Å². The first-order valence-electron chi connectivity index (χ1n) is 7.21. The van der Waals surface area contributed by atoms with Crippen LogP contribution in [-0.2, 0) is 11.2 Å². The number of aliphatic imine (C=N–C) groups is 1. The maximum atomic E-state index is 5.38. The Bertz CT molecular complexity index is 461. The zero-order valence-corrected chi connectivity index (χ0v) is 15.0. The minimum atomic E-state index is -0.200. The van der Waals surface area contributed by atoms with Gasteiger partial charge in [-0.2, -0.15) is 0 Å². The summed E-state index contributed by atoms with van der Waals surface area (Å²) in [5.74, 6) is 0.814. The average Bonchev–Trinajstić information content (AvgIpc) is 2.46. The third-order valence-electron chi connectivity index (χ3n) is 3.28. The van der Waals surface area contributed by atoms with Crippen molar-refractivity contribution in [1.29, 1.82) is 0 Å². The lowest BCUT2D eigenvalue weighted by molar-refractivity contribution is 0.0268. The number of methoxy groups -OCH3 is 1. The average molecular weight is 356 g/mol. The predicted molar refractivity (Wildman–Crippen MR) is 92.9 cm³/mol. The van der Waals surface area contributed by atoms with Gasteiger partial charge in [0.05, 0.1) is 5.60 Å². The van der Waals surface area contributed by atoms with E-state index in [1.54, 1.807) is 14.2 Å². The first-order chi connectivity index (χ1) is 9.96. The molecular formula is C16H26BrN3O. The lowest BCUT2D eigenvalue weighted by atomic mass is 10.1. The molecule has 2 N–H and O–H groups in total. The minimum absolute atomic E-state index is 0.200. The van der Waals surface area contributed by atoms with Gasteiger partial charge in [-0.3, -0.25) is 4.99 Å². The number of nitrogens with one attached hydrogen (secondary N) is 2. The smallest absolute Gasteiger partial charge is 0.191 e. The molecule has 0 aliphatic rings. The van der Waals surface area contributed by atoms with Crippen molar-refractivity contribution in [2.75, 3.05) is 27.2 Å². The summed E-state index contributed by atoms with van der Waals surface area (Å²) < 4.78 is 6.51. The van der Waals surface area contributed by atoms with Crippen LogP contribution in [0.15, 0.2) is 33.7 Å². The molecule has 1 aromatic carbocycles. The summed E-state index contributed by atoms with van der Waals surface area (Å²) in [7, 11) is 3.50. The van der Waals surface area contributed by atoms with Gasteiger partial charge in [-0.15, -0.1) is 0 Å². The number of ether oxygens (including phenoxy) is 1. The Morgan fingerprint density at radius 3 is 2.71 bits per heavy atom. The van der Waals surface area contributed by atoms with E-state index in [1.165, 1.54) is 5.56 Å². The Kier molecular flexibility index (Phi) is 7.75. The monoisotopic (exact) mass is 355 g/mol. The van der Waals surface area contributed by atoms with Crippen molar-refractivity contribution < 1.29 is 4.74 Å². The number of halogens is 1. The molecule has 0 spiro atoms. The van der Waals surface area contributed by atoms with Crippen molar-refractivity contribution in [3.8, 4) is 0 Å². The molecular weight excluding hydrogens is 330 g/mol. The van der Waals surface area contributed by atoms with E-state index in [1.807, 2.05) is 19.9 Å². The highest BCUT2D eigenvalue weighted by Crippen LogP contribution is 2.12. The van der Waals surface area contributed by atoms with Crippen molar-refractivity contribution in [2.24, 2.45) is 4.99 Å². The van der Waals surface area contributed by atoms with E-state index < -0.39 is 0 Å². The van der Waals surface area contributed by atoms with E-state index in [4.69, 9.17) is 4.74 Å². The van der Waals surface area contributed by atoms with E-state index in [2.05, 4.69) is 49.8 Å². The molecule has 0 fully saturated rings. The number of hydrogen-bond acceptors (Lipinski definition) is 2. The Morgan fingerprint density at radius 2 is 2.10 bits per heavy atom. The summed E-state index contributed by atoms with van der Waals surface area (Å²) in [6, 6.07) is 8.43. The van der Waals surface area contributed by atoms with E-state index in [9.17, 15) is 0 Å². The SMILES string of the molecule is CN=C(NCCCc1cccc(Br)c1)NCC(C)(C)OC. The fraction of sp³-hybridized carbons (Fsp3) is 0.562. The van der Waals surface area contributed by atoms with Crippen LogP contribution in [0.3, 0.4) is 0 Å². The number of aryl methyl sites for hydroxylation is 1. The molecule has 0 unspecified atom stereocenters. The lowest BCUT2D eigenvalue weighted by Crippen LogP contribution is -2.45. The summed E-state index contributed by atoms with van der Waals surface area (Å²) in [5.41, 5.74) is 1.14. The highest BCUT2D eigenvalue weighted by molar-refractivity contribution is 9.10. The lowest BCUT2D eigenvalue weighted by Gasteiger charge is -2.24. The van der Waals surface area contributed by atoms with Crippen LogP contribution in [0, 0.1) is 0 Å². The molecule has 0 aromatic heterocycles.